The largest absolute Gasteiger partial charge is 0.461 e. The SMILES string of the molecule is CC(C)Oc1ncc(-c2ccc([C@H]3CCC(c4c(F)cccc4F)=N3)cc2)cn1.[2HH]. The molecule has 0 N–H and O–H groups in total. The van der Waals surface area contributed by atoms with Gasteiger partial charge in [0.15, 0.2) is 0 Å². The van der Waals surface area contributed by atoms with E-state index in [2.05, 4.69) is 15.0 Å². The summed E-state index contributed by atoms with van der Waals surface area (Å²) in [6.45, 7) is 3.85. The van der Waals surface area contributed by atoms with Crippen molar-refractivity contribution in [1.29, 1.82) is 0 Å². The molecule has 0 radical (unpaired) electrons. The van der Waals surface area contributed by atoms with Crippen LogP contribution in [-0.2, 0) is 0 Å². The number of rotatable bonds is 5. The summed E-state index contributed by atoms with van der Waals surface area (Å²) in [5.41, 5.74) is 3.36. The molecular formula is C23H23F2N3O. The molecule has 29 heavy (non-hydrogen) atoms. The third-order valence-corrected chi connectivity index (χ3v) is 4.82. The lowest BCUT2D eigenvalue weighted by Crippen LogP contribution is -2.08. The molecule has 1 atom stereocenters. The number of benzene rings is 2. The van der Waals surface area contributed by atoms with E-state index in [1.165, 1.54) is 18.2 Å². The van der Waals surface area contributed by atoms with E-state index in [9.17, 15) is 8.78 Å². The van der Waals surface area contributed by atoms with Gasteiger partial charge in [0.2, 0.25) is 0 Å². The first kappa shape index (κ1) is 19.2. The molecule has 1 aromatic heterocycles. The summed E-state index contributed by atoms with van der Waals surface area (Å²) < 4.78 is 33.5. The van der Waals surface area contributed by atoms with Crippen molar-refractivity contribution in [3.8, 4) is 17.1 Å². The lowest BCUT2D eigenvalue weighted by molar-refractivity contribution is 0.222. The van der Waals surface area contributed by atoms with Gasteiger partial charge in [-0.3, -0.25) is 4.99 Å². The Hall–Kier alpha value is -3.15. The highest BCUT2D eigenvalue weighted by Crippen LogP contribution is 2.33. The fraction of sp³-hybridized carbons (Fsp3) is 0.261. The Morgan fingerprint density at radius 1 is 0.966 bits per heavy atom. The van der Waals surface area contributed by atoms with Crippen molar-refractivity contribution in [1.82, 2.24) is 9.97 Å². The average molecular weight is 396 g/mol. The second kappa shape index (κ2) is 8.07. The highest BCUT2D eigenvalue weighted by molar-refractivity contribution is 6.02. The molecule has 150 valence electrons. The van der Waals surface area contributed by atoms with Crippen LogP contribution in [0.4, 0.5) is 8.78 Å². The summed E-state index contributed by atoms with van der Waals surface area (Å²) >= 11 is 0. The number of halogens is 2. The molecule has 0 spiro atoms. The van der Waals surface area contributed by atoms with E-state index in [1.807, 2.05) is 38.1 Å². The van der Waals surface area contributed by atoms with Crippen LogP contribution in [0.25, 0.3) is 11.1 Å². The second-order valence-corrected chi connectivity index (χ2v) is 7.27. The quantitative estimate of drug-likeness (QED) is 0.549. The monoisotopic (exact) mass is 396 g/mol. The molecule has 0 bridgehead atoms. The van der Waals surface area contributed by atoms with E-state index in [0.29, 0.717) is 18.1 Å². The van der Waals surface area contributed by atoms with E-state index >= 15 is 0 Å². The molecule has 0 aliphatic carbocycles. The topological polar surface area (TPSA) is 47.4 Å². The Labute approximate surface area is 169 Å². The number of aliphatic imine (C=N–C) groups is 1. The first-order valence-electron chi connectivity index (χ1n) is 9.61. The molecule has 4 nitrogen and oxygen atoms in total. The summed E-state index contributed by atoms with van der Waals surface area (Å²) in [6, 6.07) is 12.1. The van der Waals surface area contributed by atoms with Gasteiger partial charge >= 0.3 is 6.01 Å². The van der Waals surface area contributed by atoms with Crippen LogP contribution < -0.4 is 4.74 Å². The Morgan fingerprint density at radius 3 is 2.24 bits per heavy atom. The van der Waals surface area contributed by atoms with Gasteiger partial charge in [-0.05, 0) is 49.9 Å². The molecule has 0 unspecified atom stereocenters. The van der Waals surface area contributed by atoms with Crippen LogP contribution in [0.3, 0.4) is 0 Å². The predicted molar refractivity (Wildman–Crippen MR) is 110 cm³/mol. The summed E-state index contributed by atoms with van der Waals surface area (Å²) in [7, 11) is 0. The predicted octanol–water partition coefficient (Wildman–Crippen LogP) is 5.78. The Kier molecular flexibility index (Phi) is 5.34. The Balaban J connectivity index is 0.00000256. The summed E-state index contributed by atoms with van der Waals surface area (Å²) in [6.07, 6.45) is 4.76. The van der Waals surface area contributed by atoms with Crippen molar-refractivity contribution in [3.63, 3.8) is 0 Å². The van der Waals surface area contributed by atoms with Crippen LogP contribution in [0.15, 0.2) is 59.9 Å². The maximum absolute atomic E-state index is 14.0. The third-order valence-electron chi connectivity index (χ3n) is 4.82. The molecule has 2 heterocycles. The Bertz CT molecular complexity index is 1020. The van der Waals surface area contributed by atoms with Crippen molar-refractivity contribution in [2.75, 3.05) is 0 Å². The van der Waals surface area contributed by atoms with E-state index in [0.717, 1.165) is 23.1 Å². The summed E-state index contributed by atoms with van der Waals surface area (Å²) in [5, 5.41) is 0. The number of hydrogen-bond donors (Lipinski definition) is 0. The fourth-order valence-electron chi connectivity index (χ4n) is 3.43. The van der Waals surface area contributed by atoms with Gasteiger partial charge in [0.05, 0.1) is 17.7 Å². The number of hydrogen-bond acceptors (Lipinski definition) is 4. The van der Waals surface area contributed by atoms with Gasteiger partial charge in [-0.1, -0.05) is 30.3 Å². The van der Waals surface area contributed by atoms with Gasteiger partial charge in [-0.15, -0.1) is 0 Å². The zero-order valence-corrected chi connectivity index (χ0v) is 16.3. The first-order valence-corrected chi connectivity index (χ1v) is 9.61. The van der Waals surface area contributed by atoms with Gasteiger partial charge in [0, 0.05) is 25.1 Å². The van der Waals surface area contributed by atoms with Crippen molar-refractivity contribution < 1.29 is 14.9 Å². The molecule has 2 aromatic carbocycles. The lowest BCUT2D eigenvalue weighted by Gasteiger charge is -2.09. The van der Waals surface area contributed by atoms with Gasteiger partial charge in [0.25, 0.3) is 0 Å². The van der Waals surface area contributed by atoms with E-state index in [1.54, 1.807) is 12.4 Å². The summed E-state index contributed by atoms with van der Waals surface area (Å²) in [4.78, 5) is 13.0. The number of aromatic nitrogens is 2. The maximum Gasteiger partial charge on any atom is 0.316 e. The van der Waals surface area contributed by atoms with Gasteiger partial charge in [-0.2, -0.15) is 0 Å². The normalized spacial score (nSPS) is 16.2. The van der Waals surface area contributed by atoms with Crippen LogP contribution in [0.2, 0.25) is 0 Å². The summed E-state index contributed by atoms with van der Waals surface area (Å²) in [5.74, 6) is -1.13. The number of ether oxygens (including phenoxy) is 1. The van der Waals surface area contributed by atoms with E-state index < -0.39 is 11.6 Å². The second-order valence-electron chi connectivity index (χ2n) is 7.27. The first-order chi connectivity index (χ1) is 14.0. The van der Waals surface area contributed by atoms with Crippen LogP contribution in [-0.4, -0.2) is 21.8 Å². The minimum Gasteiger partial charge on any atom is -0.461 e. The molecular weight excluding hydrogens is 372 g/mol. The molecule has 1 aliphatic rings. The van der Waals surface area contributed by atoms with Crippen LogP contribution in [0, 0.1) is 11.6 Å². The fourth-order valence-corrected chi connectivity index (χ4v) is 3.43. The Morgan fingerprint density at radius 2 is 1.62 bits per heavy atom. The standard InChI is InChI=1S/C23H21F2N3O.H2/c1-14(2)29-23-26-12-17(13-27-23)15-6-8-16(9-7-15)20-10-11-21(28-20)22-18(24)4-3-5-19(22)25;/h3-9,12-14,20H,10-11H2,1-2H3;1H/t20-;/m1./s1/i;1+1. The van der Waals surface area contributed by atoms with Gasteiger partial charge in [-0.25, -0.2) is 18.7 Å². The van der Waals surface area contributed by atoms with Gasteiger partial charge in [0.1, 0.15) is 11.6 Å². The average Bonchev–Trinajstić information content (AvgIpc) is 3.18. The van der Waals surface area contributed by atoms with Crippen molar-refractivity contribution in [3.05, 3.63) is 77.6 Å². The molecule has 0 fully saturated rings. The van der Waals surface area contributed by atoms with E-state index in [-0.39, 0.29) is 19.1 Å². The maximum atomic E-state index is 14.0. The van der Waals surface area contributed by atoms with Crippen LogP contribution in [0.1, 0.15) is 45.3 Å². The number of nitrogens with zero attached hydrogens (tertiary/aromatic N) is 3. The zero-order chi connectivity index (χ0) is 20.4. The van der Waals surface area contributed by atoms with Crippen molar-refractivity contribution >= 4 is 5.71 Å². The van der Waals surface area contributed by atoms with Crippen molar-refractivity contribution in [2.45, 2.75) is 38.8 Å². The zero-order valence-electron chi connectivity index (χ0n) is 16.3. The lowest BCUT2D eigenvalue weighted by atomic mass is 10.0. The minimum absolute atomic E-state index is 0. The third kappa shape index (κ3) is 4.16. The van der Waals surface area contributed by atoms with Crippen molar-refractivity contribution in [2.24, 2.45) is 4.99 Å². The highest BCUT2D eigenvalue weighted by atomic mass is 19.1. The van der Waals surface area contributed by atoms with E-state index in [4.69, 9.17) is 4.74 Å². The molecule has 0 amide bonds. The van der Waals surface area contributed by atoms with Gasteiger partial charge < -0.3 is 4.74 Å². The molecule has 3 aromatic rings. The molecule has 0 saturated heterocycles. The molecule has 0 saturated carbocycles. The van der Waals surface area contributed by atoms with Crippen LogP contribution >= 0.6 is 0 Å². The minimum atomic E-state index is -0.565. The highest BCUT2D eigenvalue weighted by Gasteiger charge is 2.24. The molecule has 4 rings (SSSR count). The van der Waals surface area contributed by atoms with Crippen LogP contribution in [0.5, 0.6) is 6.01 Å². The molecule has 6 heteroatoms. The molecule has 1 aliphatic heterocycles. The smallest absolute Gasteiger partial charge is 0.316 e.